The number of hydrogen-bond donors (Lipinski definition) is 4. The number of anilines is 2. The number of carboxylic acid groups (broad SMARTS) is 1. The summed E-state index contributed by atoms with van der Waals surface area (Å²) in [6.07, 6.45) is 10.5. The minimum atomic E-state index is -3.60. The highest BCUT2D eigenvalue weighted by Crippen LogP contribution is 2.41. The topological polar surface area (TPSA) is 159 Å². The standard InChI is InChI=1S/C39H45ClN2O8S/c1-2-3-4-5-6-7-8-9-10-14-24-51(48,49)28-20-21-32(31(40)25-28)41-39(47)30-26-34(50-23-22-35(43)44)36-29(37(30)45)18-15-19-33(36)42-38(46)27-16-12-11-13-17-27/h11-13,15-21,25-26,45H,2-10,14,22-24H2,1H3,(H,41,47)(H,42,46)(H,43,44). The number of halogens is 1. The molecule has 4 aromatic carbocycles. The van der Waals surface area contributed by atoms with Crippen molar-refractivity contribution in [2.45, 2.75) is 82.4 Å². The lowest BCUT2D eigenvalue weighted by Gasteiger charge is -2.17. The van der Waals surface area contributed by atoms with Crippen LogP contribution < -0.4 is 15.4 Å². The first-order valence-electron chi connectivity index (χ1n) is 17.3. The van der Waals surface area contributed by atoms with Gasteiger partial charge in [0.25, 0.3) is 11.8 Å². The number of phenolic OH excluding ortho intramolecular Hbond substituents is 1. The van der Waals surface area contributed by atoms with E-state index in [0.29, 0.717) is 12.0 Å². The molecule has 0 atom stereocenters. The fraction of sp³-hybridized carbons (Fsp3) is 0.359. The number of ether oxygens (including phenoxy) is 1. The Balaban J connectivity index is 1.49. The molecule has 0 fully saturated rings. The van der Waals surface area contributed by atoms with Gasteiger partial charge in [-0.1, -0.05) is 107 Å². The van der Waals surface area contributed by atoms with Crippen LogP contribution in [-0.2, 0) is 14.6 Å². The molecule has 0 unspecified atom stereocenters. The Morgan fingerprint density at radius 1 is 0.765 bits per heavy atom. The number of phenols is 1. The molecule has 0 radical (unpaired) electrons. The Bertz CT molecular complexity index is 1930. The van der Waals surface area contributed by atoms with Crippen LogP contribution in [0.25, 0.3) is 10.8 Å². The molecule has 4 N–H and O–H groups in total. The summed E-state index contributed by atoms with van der Waals surface area (Å²) in [6.45, 7) is 1.95. The summed E-state index contributed by atoms with van der Waals surface area (Å²) in [5.74, 6) is -2.68. The van der Waals surface area contributed by atoms with Crippen molar-refractivity contribution in [3.05, 3.63) is 88.9 Å². The number of carbonyl (C=O) groups is 3. The fourth-order valence-corrected chi connectivity index (χ4v) is 7.42. The molecule has 0 saturated heterocycles. The highest BCUT2D eigenvalue weighted by molar-refractivity contribution is 7.91. The van der Waals surface area contributed by atoms with E-state index in [9.17, 15) is 33.0 Å². The maximum absolute atomic E-state index is 13.5. The lowest BCUT2D eigenvalue weighted by Crippen LogP contribution is -2.15. The van der Waals surface area contributed by atoms with Gasteiger partial charge in [-0.3, -0.25) is 14.4 Å². The van der Waals surface area contributed by atoms with Crippen molar-refractivity contribution in [2.75, 3.05) is 23.0 Å². The number of aliphatic carboxylic acids is 1. The van der Waals surface area contributed by atoms with Gasteiger partial charge in [-0.05, 0) is 48.9 Å². The SMILES string of the molecule is CCCCCCCCCCCCS(=O)(=O)c1ccc(NC(=O)c2cc(OCCC(=O)O)c3c(NC(=O)c4ccccc4)cccc3c2O)c(Cl)c1. The Kier molecular flexibility index (Phi) is 14.7. The molecule has 51 heavy (non-hydrogen) atoms. The molecule has 0 aromatic heterocycles. The zero-order chi connectivity index (χ0) is 36.8. The number of benzene rings is 4. The number of unbranched alkanes of at least 4 members (excludes halogenated alkanes) is 9. The van der Waals surface area contributed by atoms with Crippen molar-refractivity contribution in [2.24, 2.45) is 0 Å². The van der Waals surface area contributed by atoms with E-state index in [2.05, 4.69) is 17.6 Å². The van der Waals surface area contributed by atoms with Gasteiger partial charge in [0.15, 0.2) is 9.84 Å². The maximum Gasteiger partial charge on any atom is 0.306 e. The van der Waals surface area contributed by atoms with Gasteiger partial charge in [0.05, 0.1) is 51.0 Å². The van der Waals surface area contributed by atoms with Gasteiger partial charge in [-0.2, -0.15) is 0 Å². The molecule has 4 rings (SSSR count). The molecular weight excluding hydrogens is 692 g/mol. The van der Waals surface area contributed by atoms with Crippen LogP contribution in [-0.4, -0.2) is 48.8 Å². The molecule has 0 spiro atoms. The molecule has 0 bridgehead atoms. The molecule has 272 valence electrons. The number of aromatic hydroxyl groups is 1. The molecule has 0 aliphatic heterocycles. The van der Waals surface area contributed by atoms with E-state index >= 15 is 0 Å². The smallest absolute Gasteiger partial charge is 0.306 e. The highest BCUT2D eigenvalue weighted by atomic mass is 35.5. The molecule has 12 heteroatoms. The number of amides is 2. The summed E-state index contributed by atoms with van der Waals surface area (Å²) in [5.41, 5.74) is 0.563. The van der Waals surface area contributed by atoms with Crippen LogP contribution in [0, 0.1) is 0 Å². The Morgan fingerprint density at radius 2 is 1.41 bits per heavy atom. The predicted molar refractivity (Wildman–Crippen MR) is 201 cm³/mol. The Hall–Kier alpha value is -4.61. The summed E-state index contributed by atoms with van der Waals surface area (Å²) >= 11 is 6.45. The molecule has 0 heterocycles. The molecule has 0 aliphatic carbocycles. The van der Waals surface area contributed by atoms with Gasteiger partial charge in [-0.25, -0.2) is 8.42 Å². The van der Waals surface area contributed by atoms with E-state index in [0.717, 1.165) is 19.3 Å². The average molecular weight is 737 g/mol. The number of fused-ring (bicyclic) bond motifs is 1. The third-order valence-electron chi connectivity index (χ3n) is 8.51. The van der Waals surface area contributed by atoms with Gasteiger partial charge >= 0.3 is 5.97 Å². The zero-order valence-corrected chi connectivity index (χ0v) is 30.3. The summed E-state index contributed by atoms with van der Waals surface area (Å²) in [4.78, 5) is 37.8. The second-order valence-electron chi connectivity index (χ2n) is 12.4. The first kappa shape index (κ1) is 39.2. The van der Waals surface area contributed by atoms with Gasteiger partial charge in [0, 0.05) is 10.9 Å². The lowest BCUT2D eigenvalue weighted by molar-refractivity contribution is -0.137. The van der Waals surface area contributed by atoms with Gasteiger partial charge in [0.2, 0.25) is 0 Å². The van der Waals surface area contributed by atoms with E-state index in [1.807, 2.05) is 0 Å². The van der Waals surface area contributed by atoms with Crippen LogP contribution in [0.1, 0.15) is 98.3 Å². The van der Waals surface area contributed by atoms with Crippen LogP contribution in [0.15, 0.2) is 77.7 Å². The summed E-state index contributed by atoms with van der Waals surface area (Å²) in [7, 11) is -3.60. The highest BCUT2D eigenvalue weighted by Gasteiger charge is 2.23. The number of carboxylic acids is 1. The van der Waals surface area contributed by atoms with E-state index in [1.165, 1.54) is 68.9 Å². The van der Waals surface area contributed by atoms with E-state index in [4.69, 9.17) is 16.3 Å². The largest absolute Gasteiger partial charge is 0.506 e. The first-order valence-corrected chi connectivity index (χ1v) is 19.4. The molecule has 10 nitrogen and oxygen atoms in total. The lowest BCUT2D eigenvalue weighted by atomic mass is 10.0. The predicted octanol–water partition coefficient (Wildman–Crippen LogP) is 9.25. The van der Waals surface area contributed by atoms with E-state index in [-0.39, 0.29) is 62.2 Å². The van der Waals surface area contributed by atoms with Crippen LogP contribution in [0.4, 0.5) is 11.4 Å². The number of rotatable bonds is 20. The summed E-state index contributed by atoms with van der Waals surface area (Å²) < 4.78 is 31.9. The van der Waals surface area contributed by atoms with Gasteiger partial charge in [-0.15, -0.1) is 0 Å². The van der Waals surface area contributed by atoms with Gasteiger partial charge in [0.1, 0.15) is 11.5 Å². The van der Waals surface area contributed by atoms with Crippen molar-refractivity contribution in [1.29, 1.82) is 0 Å². The van der Waals surface area contributed by atoms with E-state index in [1.54, 1.807) is 42.5 Å². The molecular formula is C39H45ClN2O8S. The minimum Gasteiger partial charge on any atom is -0.506 e. The van der Waals surface area contributed by atoms with Crippen molar-refractivity contribution in [3.8, 4) is 11.5 Å². The number of carbonyl (C=O) groups excluding carboxylic acids is 2. The number of hydrogen-bond acceptors (Lipinski definition) is 7. The summed E-state index contributed by atoms with van der Waals surface area (Å²) in [6, 6.07) is 18.5. The van der Waals surface area contributed by atoms with Crippen LogP contribution >= 0.6 is 11.6 Å². The minimum absolute atomic E-state index is 0.00313. The normalized spacial score (nSPS) is 11.3. The van der Waals surface area contributed by atoms with Crippen LogP contribution in [0.3, 0.4) is 0 Å². The third kappa shape index (κ3) is 11.2. The monoisotopic (exact) mass is 736 g/mol. The molecule has 4 aromatic rings. The summed E-state index contributed by atoms with van der Waals surface area (Å²) in [5, 5.41) is 26.3. The van der Waals surface area contributed by atoms with Gasteiger partial charge < -0.3 is 25.6 Å². The first-order chi connectivity index (χ1) is 24.5. The second-order valence-corrected chi connectivity index (χ2v) is 14.9. The third-order valence-corrected chi connectivity index (χ3v) is 10.6. The number of sulfone groups is 1. The van der Waals surface area contributed by atoms with Crippen LogP contribution in [0.5, 0.6) is 11.5 Å². The second kappa shape index (κ2) is 19.1. The Labute approximate surface area is 304 Å². The maximum atomic E-state index is 13.5. The van der Waals surface area contributed by atoms with Crippen molar-refractivity contribution >= 4 is 61.4 Å². The number of nitrogens with one attached hydrogen (secondary N) is 2. The molecule has 0 saturated carbocycles. The fourth-order valence-electron chi connectivity index (χ4n) is 5.73. The van der Waals surface area contributed by atoms with E-state index < -0.39 is 33.4 Å². The molecule has 0 aliphatic rings. The average Bonchev–Trinajstić information content (AvgIpc) is 3.11. The van der Waals surface area contributed by atoms with Crippen molar-refractivity contribution in [1.82, 2.24) is 0 Å². The molecule has 2 amide bonds. The Morgan fingerprint density at radius 3 is 2.06 bits per heavy atom. The van der Waals surface area contributed by atoms with Crippen LogP contribution in [0.2, 0.25) is 5.02 Å². The zero-order valence-electron chi connectivity index (χ0n) is 28.8. The van der Waals surface area contributed by atoms with Crippen molar-refractivity contribution in [3.63, 3.8) is 0 Å². The van der Waals surface area contributed by atoms with Crippen molar-refractivity contribution < 1.29 is 37.8 Å². The quantitative estimate of drug-likeness (QED) is 0.0654.